The minimum Gasteiger partial charge on any atom is -0.495 e. The molecule has 1 aromatic heterocycles. The average molecular weight is 457 g/mol. The summed E-state index contributed by atoms with van der Waals surface area (Å²) < 4.78 is 34.3. The Kier molecular flexibility index (Phi) is 6.04. The molecule has 154 valence electrons. The van der Waals surface area contributed by atoms with Gasteiger partial charge in [-0.3, -0.25) is 0 Å². The topological polar surface area (TPSA) is 108 Å². The van der Waals surface area contributed by atoms with Crippen LogP contribution in [0.1, 0.15) is 5.69 Å². The Hall–Kier alpha value is -2.33. The van der Waals surface area contributed by atoms with Crippen molar-refractivity contribution >= 4 is 44.3 Å². The van der Waals surface area contributed by atoms with Crippen LogP contribution in [-0.4, -0.2) is 45.0 Å². The van der Waals surface area contributed by atoms with E-state index in [9.17, 15) is 8.42 Å². The first-order valence-electron chi connectivity index (χ1n) is 8.23. The summed E-state index contributed by atoms with van der Waals surface area (Å²) in [6.07, 6.45) is 6.63. The maximum absolute atomic E-state index is 11.8. The molecule has 29 heavy (non-hydrogen) atoms. The zero-order valence-corrected chi connectivity index (χ0v) is 18.1. The highest BCUT2D eigenvalue weighted by Gasteiger charge is 2.29. The normalized spacial score (nSPS) is 16.6. The van der Waals surface area contributed by atoms with Crippen LogP contribution in [0, 0.1) is 0 Å². The molecule has 1 aromatic carbocycles. The van der Waals surface area contributed by atoms with E-state index in [0.717, 1.165) is 6.26 Å². The van der Waals surface area contributed by atoms with Crippen LogP contribution in [0.4, 0.5) is 5.69 Å². The number of ether oxygens (including phenoxy) is 2. The summed E-state index contributed by atoms with van der Waals surface area (Å²) in [5.41, 5.74) is 7.77. The van der Waals surface area contributed by atoms with Gasteiger partial charge in [0, 0.05) is 30.2 Å². The molecule has 2 heterocycles. The van der Waals surface area contributed by atoms with Crippen molar-refractivity contribution in [2.45, 2.75) is 11.2 Å². The number of anilines is 1. The van der Waals surface area contributed by atoms with Gasteiger partial charge in [0.2, 0.25) is 0 Å². The molecule has 1 atom stereocenters. The predicted molar refractivity (Wildman–Crippen MR) is 112 cm³/mol. The number of sulfone groups is 1. The van der Waals surface area contributed by atoms with Gasteiger partial charge in [-0.25, -0.2) is 18.4 Å². The standard InChI is InChI=1S/C18H18Cl2N4O4S/c1-27-12-8-13(28-2)16(20)17(15(12)19)24-6-4-5-10(18(24)21)11-7-14(23-9-22-11)29(3,25)26/h4-9,18H,21H2,1-3H3. The molecule has 11 heteroatoms. The first-order valence-corrected chi connectivity index (χ1v) is 10.9. The van der Waals surface area contributed by atoms with Crippen molar-refractivity contribution in [3.63, 3.8) is 0 Å². The van der Waals surface area contributed by atoms with Crippen LogP contribution in [-0.2, 0) is 9.84 Å². The number of halogens is 2. The van der Waals surface area contributed by atoms with Crippen LogP contribution in [0.15, 0.2) is 41.8 Å². The molecule has 2 aromatic rings. The highest BCUT2D eigenvalue weighted by atomic mass is 35.5. The monoisotopic (exact) mass is 456 g/mol. The SMILES string of the molecule is COc1cc(OC)c(Cl)c(N2C=CC=C(c3cc(S(C)(=O)=O)ncn3)C2N)c1Cl. The third-order valence-corrected chi connectivity index (χ3v) is 5.98. The highest BCUT2D eigenvalue weighted by molar-refractivity contribution is 7.90. The van der Waals surface area contributed by atoms with E-state index in [2.05, 4.69) is 9.97 Å². The van der Waals surface area contributed by atoms with E-state index in [1.807, 2.05) is 0 Å². The minimum absolute atomic E-state index is 0.101. The van der Waals surface area contributed by atoms with E-state index < -0.39 is 16.0 Å². The van der Waals surface area contributed by atoms with Gasteiger partial charge < -0.3 is 20.1 Å². The van der Waals surface area contributed by atoms with Crippen LogP contribution < -0.4 is 20.1 Å². The summed E-state index contributed by atoms with van der Waals surface area (Å²) in [5.74, 6) is 0.724. The van der Waals surface area contributed by atoms with E-state index >= 15 is 0 Å². The van der Waals surface area contributed by atoms with E-state index in [1.165, 1.54) is 26.6 Å². The number of nitrogens with zero attached hydrogens (tertiary/aromatic N) is 3. The molecule has 3 rings (SSSR count). The second-order valence-corrected chi connectivity index (χ2v) is 8.81. The second-order valence-electron chi connectivity index (χ2n) is 6.09. The van der Waals surface area contributed by atoms with E-state index in [4.69, 9.17) is 38.4 Å². The third-order valence-electron chi connectivity index (χ3n) is 4.27. The quantitative estimate of drug-likeness (QED) is 0.683. The van der Waals surface area contributed by atoms with Gasteiger partial charge in [0.15, 0.2) is 14.9 Å². The molecular weight excluding hydrogens is 439 g/mol. The molecule has 8 nitrogen and oxygen atoms in total. The van der Waals surface area contributed by atoms with Crippen LogP contribution in [0.3, 0.4) is 0 Å². The number of hydrogen-bond acceptors (Lipinski definition) is 8. The van der Waals surface area contributed by atoms with Gasteiger partial charge >= 0.3 is 0 Å². The molecule has 0 aliphatic carbocycles. The molecule has 0 fully saturated rings. The zero-order chi connectivity index (χ0) is 21.3. The minimum atomic E-state index is -3.50. The van der Waals surface area contributed by atoms with Gasteiger partial charge in [-0.2, -0.15) is 0 Å². The van der Waals surface area contributed by atoms with Gasteiger partial charge in [-0.15, -0.1) is 0 Å². The van der Waals surface area contributed by atoms with Gasteiger partial charge in [-0.05, 0) is 6.08 Å². The summed E-state index contributed by atoms with van der Waals surface area (Å²) in [5, 5.41) is 0.397. The summed E-state index contributed by atoms with van der Waals surface area (Å²) in [7, 11) is -0.554. The van der Waals surface area contributed by atoms with Crippen molar-refractivity contribution in [2.24, 2.45) is 5.73 Å². The summed E-state index contributed by atoms with van der Waals surface area (Å²) in [6.45, 7) is 0. The van der Waals surface area contributed by atoms with Crippen molar-refractivity contribution in [2.75, 3.05) is 25.4 Å². The largest absolute Gasteiger partial charge is 0.495 e. The Bertz CT molecular complexity index is 1090. The fourth-order valence-corrected chi connectivity index (χ4v) is 4.09. The maximum atomic E-state index is 11.8. The van der Waals surface area contributed by atoms with Gasteiger partial charge in [0.1, 0.15) is 34.0 Å². The molecule has 0 radical (unpaired) electrons. The first kappa shape index (κ1) is 21.4. The molecule has 0 saturated carbocycles. The first-order chi connectivity index (χ1) is 13.7. The molecule has 1 unspecified atom stereocenters. The zero-order valence-electron chi connectivity index (χ0n) is 15.8. The number of nitrogens with two attached hydrogens (primary N) is 1. The van der Waals surface area contributed by atoms with Crippen molar-refractivity contribution < 1.29 is 17.9 Å². The second kappa shape index (κ2) is 8.19. The lowest BCUT2D eigenvalue weighted by molar-refractivity contribution is 0.394. The molecule has 0 bridgehead atoms. The van der Waals surface area contributed by atoms with Crippen molar-refractivity contribution in [3.8, 4) is 11.5 Å². The third kappa shape index (κ3) is 4.04. The fourth-order valence-electron chi connectivity index (χ4n) is 2.83. The Morgan fingerprint density at radius 2 is 1.72 bits per heavy atom. The Labute approximate surface area is 178 Å². The smallest absolute Gasteiger partial charge is 0.192 e. The number of hydrogen-bond donors (Lipinski definition) is 1. The van der Waals surface area contributed by atoms with Crippen LogP contribution >= 0.6 is 23.2 Å². The Morgan fingerprint density at radius 1 is 1.10 bits per heavy atom. The molecule has 0 spiro atoms. The number of benzene rings is 1. The lowest BCUT2D eigenvalue weighted by Crippen LogP contribution is -2.41. The van der Waals surface area contributed by atoms with E-state index in [0.29, 0.717) is 28.5 Å². The van der Waals surface area contributed by atoms with Crippen molar-refractivity contribution in [3.05, 3.63) is 52.6 Å². The highest BCUT2D eigenvalue weighted by Crippen LogP contribution is 2.47. The number of methoxy groups -OCH3 is 2. The number of allylic oxidation sites excluding steroid dienone is 2. The molecule has 0 saturated heterocycles. The molecule has 2 N–H and O–H groups in total. The van der Waals surface area contributed by atoms with Crippen LogP contribution in [0.2, 0.25) is 10.0 Å². The Balaban J connectivity index is 2.09. The van der Waals surface area contributed by atoms with E-state index in [1.54, 1.807) is 29.3 Å². The maximum Gasteiger partial charge on any atom is 0.192 e. The summed E-state index contributed by atoms with van der Waals surface area (Å²) >= 11 is 13.0. The molecule has 0 amide bonds. The average Bonchev–Trinajstić information content (AvgIpc) is 2.69. The Morgan fingerprint density at radius 3 is 2.28 bits per heavy atom. The van der Waals surface area contributed by atoms with Crippen molar-refractivity contribution in [1.29, 1.82) is 0 Å². The molecular formula is C18H18Cl2N4O4S. The number of aromatic nitrogens is 2. The van der Waals surface area contributed by atoms with Gasteiger partial charge in [0.25, 0.3) is 0 Å². The lowest BCUT2D eigenvalue weighted by Gasteiger charge is -2.33. The van der Waals surface area contributed by atoms with Crippen LogP contribution in [0.5, 0.6) is 11.5 Å². The van der Waals surface area contributed by atoms with E-state index in [-0.39, 0.29) is 15.1 Å². The summed E-state index contributed by atoms with van der Waals surface area (Å²) in [6, 6.07) is 2.95. The predicted octanol–water partition coefficient (Wildman–Crippen LogP) is 2.91. The molecule has 1 aliphatic heterocycles. The summed E-state index contributed by atoms with van der Waals surface area (Å²) in [4.78, 5) is 9.61. The van der Waals surface area contributed by atoms with Gasteiger partial charge in [-0.1, -0.05) is 29.3 Å². The van der Waals surface area contributed by atoms with Crippen molar-refractivity contribution in [1.82, 2.24) is 9.97 Å². The van der Waals surface area contributed by atoms with Gasteiger partial charge in [0.05, 0.1) is 25.6 Å². The number of rotatable bonds is 5. The fraction of sp³-hybridized carbons (Fsp3) is 0.222. The van der Waals surface area contributed by atoms with Crippen LogP contribution in [0.25, 0.3) is 5.57 Å². The molecule has 1 aliphatic rings. The lowest BCUT2D eigenvalue weighted by atomic mass is 10.0.